The molecule has 0 rings (SSSR count). The molecule has 0 saturated carbocycles. The van der Waals surface area contributed by atoms with Gasteiger partial charge < -0.3 is 20.5 Å². The third-order valence-corrected chi connectivity index (χ3v) is 1.97. The van der Waals surface area contributed by atoms with Crippen LogP contribution in [0.25, 0.3) is 0 Å². The van der Waals surface area contributed by atoms with Crippen molar-refractivity contribution < 1.29 is 19.4 Å². The van der Waals surface area contributed by atoms with E-state index in [4.69, 9.17) is 9.84 Å². The number of rotatable bonds is 7. The molecule has 0 spiro atoms. The Morgan fingerprint density at radius 3 is 2.35 bits per heavy atom. The molecule has 3 N–H and O–H groups in total. The van der Waals surface area contributed by atoms with E-state index in [0.29, 0.717) is 6.54 Å². The van der Waals surface area contributed by atoms with Crippen molar-refractivity contribution in [1.29, 1.82) is 0 Å². The van der Waals surface area contributed by atoms with Crippen LogP contribution in [0.2, 0.25) is 0 Å². The van der Waals surface area contributed by atoms with Crippen LogP contribution in [0, 0.1) is 0 Å². The summed E-state index contributed by atoms with van der Waals surface area (Å²) in [6, 6.07) is -0.984. The molecule has 1 unspecified atom stereocenters. The van der Waals surface area contributed by atoms with Crippen LogP contribution in [0.15, 0.2) is 0 Å². The fraction of sp³-hybridized carbons (Fsp3) is 0.818. The second-order valence-corrected chi connectivity index (χ2v) is 4.84. The third kappa shape index (κ3) is 8.65. The molecule has 100 valence electrons. The minimum absolute atomic E-state index is 0.0340. The van der Waals surface area contributed by atoms with Gasteiger partial charge in [-0.25, -0.2) is 4.79 Å². The molecule has 0 aromatic carbocycles. The number of hydrogen-bond acceptors (Lipinski definition) is 4. The highest BCUT2D eigenvalue weighted by Gasteiger charge is 2.19. The summed E-state index contributed by atoms with van der Waals surface area (Å²) in [5.41, 5.74) is -0.0565. The van der Waals surface area contributed by atoms with Crippen LogP contribution in [0.3, 0.4) is 0 Å². The number of hydrogen-bond donors (Lipinski definition) is 3. The summed E-state index contributed by atoms with van der Waals surface area (Å²) in [7, 11) is 1.39. The summed E-state index contributed by atoms with van der Waals surface area (Å²) in [4.78, 5) is 22.2. The van der Waals surface area contributed by atoms with E-state index in [1.54, 1.807) is 0 Å². The first-order chi connectivity index (χ1) is 7.76. The second kappa shape index (κ2) is 7.24. The summed E-state index contributed by atoms with van der Waals surface area (Å²) >= 11 is 0. The third-order valence-electron chi connectivity index (χ3n) is 1.97. The summed E-state index contributed by atoms with van der Waals surface area (Å²) in [6.45, 7) is 6.46. The Hall–Kier alpha value is -1.14. The molecular formula is C11H22N2O4. The molecule has 0 aliphatic heterocycles. The average Bonchev–Trinajstić information content (AvgIpc) is 2.14. The van der Waals surface area contributed by atoms with Gasteiger partial charge in [0.2, 0.25) is 5.91 Å². The first-order valence-corrected chi connectivity index (χ1v) is 5.52. The smallest absolute Gasteiger partial charge is 0.328 e. The van der Waals surface area contributed by atoms with Gasteiger partial charge in [-0.1, -0.05) is 0 Å². The summed E-state index contributed by atoms with van der Waals surface area (Å²) in [6.07, 6.45) is 0.241. The van der Waals surface area contributed by atoms with E-state index < -0.39 is 12.0 Å². The van der Waals surface area contributed by atoms with Crippen molar-refractivity contribution in [3.8, 4) is 0 Å². The summed E-state index contributed by atoms with van der Waals surface area (Å²) in [5, 5.41) is 14.3. The number of nitrogens with one attached hydrogen (secondary N) is 2. The zero-order chi connectivity index (χ0) is 13.5. The largest absolute Gasteiger partial charge is 0.480 e. The molecule has 0 bridgehead atoms. The van der Waals surface area contributed by atoms with Crippen LogP contribution < -0.4 is 10.6 Å². The quantitative estimate of drug-likeness (QED) is 0.587. The van der Waals surface area contributed by atoms with Crippen molar-refractivity contribution in [1.82, 2.24) is 10.6 Å². The first-order valence-electron chi connectivity index (χ1n) is 5.52. The maximum Gasteiger partial charge on any atom is 0.328 e. The Kier molecular flexibility index (Phi) is 6.75. The van der Waals surface area contributed by atoms with E-state index in [9.17, 15) is 9.59 Å². The van der Waals surface area contributed by atoms with Crippen LogP contribution >= 0.6 is 0 Å². The van der Waals surface area contributed by atoms with Gasteiger partial charge in [0.15, 0.2) is 6.04 Å². The SMILES string of the molecule is COCC(NC(=O)CCNC(C)(C)C)C(=O)O. The molecular weight excluding hydrogens is 224 g/mol. The highest BCUT2D eigenvalue weighted by molar-refractivity contribution is 5.83. The second-order valence-electron chi connectivity index (χ2n) is 4.84. The summed E-state index contributed by atoms with van der Waals surface area (Å²) < 4.78 is 4.71. The fourth-order valence-corrected chi connectivity index (χ4v) is 1.16. The van der Waals surface area contributed by atoms with Gasteiger partial charge in [0, 0.05) is 25.6 Å². The maximum absolute atomic E-state index is 11.4. The van der Waals surface area contributed by atoms with Crippen molar-refractivity contribution in [2.45, 2.75) is 38.8 Å². The molecule has 17 heavy (non-hydrogen) atoms. The number of methoxy groups -OCH3 is 1. The average molecular weight is 246 g/mol. The molecule has 6 nitrogen and oxygen atoms in total. The van der Waals surface area contributed by atoms with Crippen molar-refractivity contribution in [3.63, 3.8) is 0 Å². The van der Waals surface area contributed by atoms with Crippen molar-refractivity contribution in [2.24, 2.45) is 0 Å². The lowest BCUT2D eigenvalue weighted by Crippen LogP contribution is -2.45. The van der Waals surface area contributed by atoms with E-state index in [2.05, 4.69) is 10.6 Å². The lowest BCUT2D eigenvalue weighted by Gasteiger charge is -2.20. The van der Waals surface area contributed by atoms with Gasteiger partial charge in [0.1, 0.15) is 0 Å². The van der Waals surface area contributed by atoms with E-state index >= 15 is 0 Å². The van der Waals surface area contributed by atoms with Gasteiger partial charge in [0.05, 0.1) is 6.61 Å². The monoisotopic (exact) mass is 246 g/mol. The highest BCUT2D eigenvalue weighted by Crippen LogP contribution is 1.98. The Balaban J connectivity index is 3.95. The molecule has 0 heterocycles. The standard InChI is InChI=1S/C11H22N2O4/c1-11(2,3)12-6-5-9(14)13-8(7-17-4)10(15)16/h8,12H,5-7H2,1-4H3,(H,13,14)(H,15,16). The predicted molar refractivity (Wildman–Crippen MR) is 63.8 cm³/mol. The number of carbonyl (C=O) groups is 2. The van der Waals surface area contributed by atoms with Crippen LogP contribution in [-0.4, -0.2) is 48.8 Å². The Bertz CT molecular complexity index is 261. The van der Waals surface area contributed by atoms with E-state index in [1.165, 1.54) is 7.11 Å². The lowest BCUT2D eigenvalue weighted by atomic mass is 10.1. The number of ether oxygens (including phenoxy) is 1. The van der Waals surface area contributed by atoms with Crippen molar-refractivity contribution >= 4 is 11.9 Å². The molecule has 0 aliphatic carbocycles. The molecule has 0 saturated heterocycles. The molecule has 0 aromatic heterocycles. The van der Waals surface area contributed by atoms with Crippen molar-refractivity contribution in [3.05, 3.63) is 0 Å². The summed E-state index contributed by atoms with van der Waals surface area (Å²) in [5.74, 6) is -1.39. The van der Waals surface area contributed by atoms with Gasteiger partial charge in [-0.2, -0.15) is 0 Å². The minimum atomic E-state index is -1.09. The lowest BCUT2D eigenvalue weighted by molar-refractivity contribution is -0.143. The highest BCUT2D eigenvalue weighted by atomic mass is 16.5. The zero-order valence-corrected chi connectivity index (χ0v) is 10.9. The number of carboxylic acids is 1. The predicted octanol–water partition coefficient (Wildman–Crippen LogP) is -0.0196. The molecule has 1 atom stereocenters. The number of amides is 1. The number of carbonyl (C=O) groups excluding carboxylic acids is 1. The van der Waals surface area contributed by atoms with Gasteiger partial charge in [0.25, 0.3) is 0 Å². The Morgan fingerprint density at radius 1 is 1.35 bits per heavy atom. The Morgan fingerprint density at radius 2 is 1.94 bits per heavy atom. The van der Waals surface area contributed by atoms with Crippen LogP contribution in [0.5, 0.6) is 0 Å². The van der Waals surface area contributed by atoms with Crippen LogP contribution in [-0.2, 0) is 14.3 Å². The maximum atomic E-state index is 11.4. The molecule has 0 aromatic rings. The number of aliphatic carboxylic acids is 1. The first kappa shape index (κ1) is 15.9. The molecule has 0 radical (unpaired) electrons. The fourth-order valence-electron chi connectivity index (χ4n) is 1.16. The van der Waals surface area contributed by atoms with E-state index in [1.807, 2.05) is 20.8 Å². The van der Waals surface area contributed by atoms with Gasteiger partial charge in [-0.05, 0) is 20.8 Å². The zero-order valence-electron chi connectivity index (χ0n) is 10.9. The Labute approximate surface area is 102 Å². The minimum Gasteiger partial charge on any atom is -0.480 e. The molecule has 0 fully saturated rings. The van der Waals surface area contributed by atoms with Crippen LogP contribution in [0.4, 0.5) is 0 Å². The van der Waals surface area contributed by atoms with Gasteiger partial charge in [-0.3, -0.25) is 4.79 Å². The van der Waals surface area contributed by atoms with Crippen LogP contribution in [0.1, 0.15) is 27.2 Å². The van der Waals surface area contributed by atoms with Gasteiger partial charge in [-0.15, -0.1) is 0 Å². The number of carboxylic acid groups (broad SMARTS) is 1. The topological polar surface area (TPSA) is 87.7 Å². The van der Waals surface area contributed by atoms with Gasteiger partial charge >= 0.3 is 5.97 Å². The normalized spacial score (nSPS) is 13.2. The molecule has 6 heteroatoms. The van der Waals surface area contributed by atoms with E-state index in [0.717, 1.165) is 0 Å². The van der Waals surface area contributed by atoms with Crippen molar-refractivity contribution in [2.75, 3.05) is 20.3 Å². The molecule has 1 amide bonds. The van der Waals surface area contributed by atoms with E-state index in [-0.39, 0.29) is 24.5 Å². The molecule has 0 aliphatic rings.